The quantitative estimate of drug-likeness (QED) is 0.823. The summed E-state index contributed by atoms with van der Waals surface area (Å²) >= 11 is 5.98. The molecule has 1 N–H and O–H groups in total. The van der Waals surface area contributed by atoms with Crippen LogP contribution in [-0.2, 0) is 9.53 Å². The van der Waals surface area contributed by atoms with E-state index in [0.717, 1.165) is 24.4 Å². The Labute approximate surface area is 106 Å². The number of ether oxygens (including phenoxy) is 1. The van der Waals surface area contributed by atoms with E-state index in [4.69, 9.17) is 16.3 Å². The van der Waals surface area contributed by atoms with Crippen LogP contribution in [0.25, 0.3) is 0 Å². The Hall–Kier alpha value is -1.06. The zero-order chi connectivity index (χ0) is 12.3. The maximum atomic E-state index is 11.5. The molecule has 1 aromatic carbocycles. The van der Waals surface area contributed by atoms with Gasteiger partial charge in [-0.15, -0.1) is 0 Å². The summed E-state index contributed by atoms with van der Waals surface area (Å²) in [4.78, 5) is 11.5. The van der Waals surface area contributed by atoms with Crippen molar-refractivity contribution in [2.24, 2.45) is 0 Å². The fraction of sp³-hybridized carbons (Fsp3) is 0.462. The number of esters is 1. The Balaban J connectivity index is 2.09. The second-order valence-corrected chi connectivity index (χ2v) is 4.74. The van der Waals surface area contributed by atoms with Crippen molar-refractivity contribution in [3.63, 3.8) is 0 Å². The molecule has 0 radical (unpaired) electrons. The summed E-state index contributed by atoms with van der Waals surface area (Å²) in [5, 5.41) is 3.92. The minimum absolute atomic E-state index is 0.184. The van der Waals surface area contributed by atoms with Crippen molar-refractivity contribution in [2.45, 2.75) is 24.8 Å². The fourth-order valence-electron chi connectivity index (χ4n) is 2.30. The Morgan fingerprint density at radius 1 is 1.53 bits per heavy atom. The van der Waals surface area contributed by atoms with Gasteiger partial charge in [0.05, 0.1) is 7.11 Å². The molecule has 92 valence electrons. The van der Waals surface area contributed by atoms with Crippen molar-refractivity contribution in [3.8, 4) is 0 Å². The largest absolute Gasteiger partial charge is 0.468 e. The van der Waals surface area contributed by atoms with E-state index in [0.29, 0.717) is 5.92 Å². The number of halogens is 1. The van der Waals surface area contributed by atoms with E-state index in [2.05, 4.69) is 11.4 Å². The van der Waals surface area contributed by atoms with Crippen LogP contribution in [0, 0.1) is 0 Å². The lowest BCUT2D eigenvalue weighted by Gasteiger charge is -2.29. The van der Waals surface area contributed by atoms with Gasteiger partial charge < -0.3 is 10.1 Å². The van der Waals surface area contributed by atoms with Gasteiger partial charge in [0.25, 0.3) is 0 Å². The smallest absolute Gasteiger partial charge is 0.322 e. The number of hydrogen-bond donors (Lipinski definition) is 1. The SMILES string of the molecule is COC(=O)C1CC(c2cccc(Cl)c2)CCN1. The number of carbonyl (C=O) groups is 1. The molecule has 1 aliphatic rings. The van der Waals surface area contributed by atoms with Crippen molar-refractivity contribution >= 4 is 17.6 Å². The molecule has 0 aliphatic carbocycles. The van der Waals surface area contributed by atoms with Crippen LogP contribution in [0.1, 0.15) is 24.3 Å². The highest BCUT2D eigenvalue weighted by atomic mass is 35.5. The summed E-state index contributed by atoms with van der Waals surface area (Å²) in [6.45, 7) is 0.830. The van der Waals surface area contributed by atoms with Gasteiger partial charge >= 0.3 is 5.97 Å². The van der Waals surface area contributed by atoms with Crippen molar-refractivity contribution in [1.82, 2.24) is 5.32 Å². The highest BCUT2D eigenvalue weighted by molar-refractivity contribution is 6.30. The summed E-state index contributed by atoms with van der Waals surface area (Å²) < 4.78 is 4.77. The third kappa shape index (κ3) is 2.99. The molecule has 3 nitrogen and oxygen atoms in total. The van der Waals surface area contributed by atoms with Crippen molar-refractivity contribution in [1.29, 1.82) is 0 Å². The zero-order valence-corrected chi connectivity index (χ0v) is 10.5. The van der Waals surface area contributed by atoms with Crippen LogP contribution in [0.15, 0.2) is 24.3 Å². The number of rotatable bonds is 2. The molecule has 0 saturated carbocycles. The Morgan fingerprint density at radius 3 is 3.06 bits per heavy atom. The summed E-state index contributed by atoms with van der Waals surface area (Å²) in [7, 11) is 1.42. The molecule has 0 aromatic heterocycles. The van der Waals surface area contributed by atoms with Gasteiger partial charge in [0, 0.05) is 5.02 Å². The molecule has 2 rings (SSSR count). The maximum Gasteiger partial charge on any atom is 0.322 e. The number of piperidine rings is 1. The standard InChI is InChI=1S/C13H16ClNO2/c1-17-13(16)12-8-10(5-6-15-12)9-3-2-4-11(14)7-9/h2-4,7,10,12,15H,5-6,8H2,1H3. The average Bonchev–Trinajstić information content (AvgIpc) is 2.38. The highest BCUT2D eigenvalue weighted by Crippen LogP contribution is 2.29. The molecule has 1 fully saturated rings. The summed E-state index contributed by atoms with van der Waals surface area (Å²) in [5.41, 5.74) is 1.20. The third-order valence-corrected chi connectivity index (χ3v) is 3.44. The van der Waals surface area contributed by atoms with Gasteiger partial charge in [-0.3, -0.25) is 4.79 Å². The van der Waals surface area contributed by atoms with Crippen molar-refractivity contribution in [2.75, 3.05) is 13.7 Å². The van der Waals surface area contributed by atoms with Gasteiger partial charge in [-0.05, 0) is 43.0 Å². The first-order chi connectivity index (χ1) is 8.20. The molecule has 0 amide bonds. The zero-order valence-electron chi connectivity index (χ0n) is 9.78. The Morgan fingerprint density at radius 2 is 2.35 bits per heavy atom. The monoisotopic (exact) mass is 253 g/mol. The van der Waals surface area contributed by atoms with Crippen molar-refractivity contribution in [3.05, 3.63) is 34.9 Å². The van der Waals surface area contributed by atoms with Gasteiger partial charge in [0.2, 0.25) is 0 Å². The van der Waals surface area contributed by atoms with E-state index < -0.39 is 0 Å². The molecule has 2 atom stereocenters. The molecule has 1 heterocycles. The van der Waals surface area contributed by atoms with Crippen LogP contribution < -0.4 is 5.32 Å². The third-order valence-electron chi connectivity index (χ3n) is 3.21. The van der Waals surface area contributed by atoms with Gasteiger partial charge in [-0.25, -0.2) is 0 Å². The summed E-state index contributed by atoms with van der Waals surface area (Å²) in [5.74, 6) is 0.191. The van der Waals surface area contributed by atoms with Crippen LogP contribution in [0.3, 0.4) is 0 Å². The van der Waals surface area contributed by atoms with Gasteiger partial charge in [0.1, 0.15) is 6.04 Å². The first-order valence-corrected chi connectivity index (χ1v) is 6.15. The second kappa shape index (κ2) is 5.52. The molecular weight excluding hydrogens is 238 g/mol. The number of methoxy groups -OCH3 is 1. The molecule has 0 spiro atoms. The number of nitrogens with one attached hydrogen (secondary N) is 1. The van der Waals surface area contributed by atoms with Gasteiger partial charge in [-0.2, -0.15) is 0 Å². The molecule has 1 aliphatic heterocycles. The normalized spacial score (nSPS) is 24.4. The molecule has 17 heavy (non-hydrogen) atoms. The Bertz CT molecular complexity index is 408. The summed E-state index contributed by atoms with van der Waals surface area (Å²) in [6, 6.07) is 7.66. The predicted octanol–water partition coefficient (Wildman–Crippen LogP) is 2.35. The van der Waals surface area contributed by atoms with Crippen LogP contribution in [-0.4, -0.2) is 25.7 Å². The summed E-state index contributed by atoms with van der Waals surface area (Å²) in [6.07, 6.45) is 1.79. The van der Waals surface area contributed by atoms with Crippen LogP contribution in [0.5, 0.6) is 0 Å². The molecule has 2 unspecified atom stereocenters. The maximum absolute atomic E-state index is 11.5. The van der Waals surface area contributed by atoms with E-state index in [9.17, 15) is 4.79 Å². The first-order valence-electron chi connectivity index (χ1n) is 5.77. The Kier molecular flexibility index (Phi) is 4.02. The topological polar surface area (TPSA) is 38.3 Å². The highest BCUT2D eigenvalue weighted by Gasteiger charge is 2.28. The van der Waals surface area contributed by atoms with Crippen LogP contribution in [0.4, 0.5) is 0 Å². The van der Waals surface area contributed by atoms with Crippen LogP contribution in [0.2, 0.25) is 5.02 Å². The van der Waals surface area contributed by atoms with Gasteiger partial charge in [-0.1, -0.05) is 23.7 Å². The molecule has 1 aromatic rings. The molecular formula is C13H16ClNO2. The van der Waals surface area contributed by atoms with E-state index in [1.807, 2.05) is 18.2 Å². The van der Waals surface area contributed by atoms with E-state index >= 15 is 0 Å². The number of carbonyl (C=O) groups excluding carboxylic acids is 1. The van der Waals surface area contributed by atoms with E-state index in [1.54, 1.807) is 0 Å². The number of benzene rings is 1. The first kappa shape index (κ1) is 12.4. The lowest BCUT2D eigenvalue weighted by Crippen LogP contribution is -2.43. The van der Waals surface area contributed by atoms with Crippen LogP contribution >= 0.6 is 11.6 Å². The molecule has 4 heteroatoms. The van der Waals surface area contributed by atoms with E-state index in [1.165, 1.54) is 12.7 Å². The fourth-order valence-corrected chi connectivity index (χ4v) is 2.50. The lowest BCUT2D eigenvalue weighted by atomic mass is 9.86. The van der Waals surface area contributed by atoms with Crippen molar-refractivity contribution < 1.29 is 9.53 Å². The predicted molar refractivity (Wildman–Crippen MR) is 67.2 cm³/mol. The minimum atomic E-state index is -0.197. The lowest BCUT2D eigenvalue weighted by molar-refractivity contribution is -0.143. The van der Waals surface area contributed by atoms with Gasteiger partial charge in [0.15, 0.2) is 0 Å². The average molecular weight is 254 g/mol. The molecule has 1 saturated heterocycles. The molecule has 0 bridgehead atoms. The van der Waals surface area contributed by atoms with E-state index in [-0.39, 0.29) is 12.0 Å². The second-order valence-electron chi connectivity index (χ2n) is 4.31. The number of hydrogen-bond acceptors (Lipinski definition) is 3. The minimum Gasteiger partial charge on any atom is -0.468 e.